The molecule has 1 saturated heterocycles. The van der Waals surface area contributed by atoms with Crippen molar-refractivity contribution in [3.05, 3.63) is 53.1 Å². The Morgan fingerprint density at radius 3 is 2.30 bits per heavy atom. The summed E-state index contributed by atoms with van der Waals surface area (Å²) in [5.41, 5.74) is 3.99. The third kappa shape index (κ3) is 7.36. The predicted octanol–water partition coefficient (Wildman–Crippen LogP) is 2.75. The maximum atomic E-state index is 13.1. The number of nitrogens with one attached hydrogen (secondary N) is 1. The normalized spacial score (nSPS) is 14.8. The number of aromatic nitrogens is 1. The van der Waals surface area contributed by atoms with Gasteiger partial charge in [-0.1, -0.05) is 17.4 Å². The van der Waals surface area contributed by atoms with Crippen molar-refractivity contribution in [1.29, 1.82) is 0 Å². The second-order valence-corrected chi connectivity index (χ2v) is 12.9. The number of sulfonamides is 1. The lowest BCUT2D eigenvalue weighted by Crippen LogP contribution is -2.48. The van der Waals surface area contributed by atoms with Crippen molar-refractivity contribution in [3.63, 3.8) is 0 Å². The van der Waals surface area contributed by atoms with Gasteiger partial charge >= 0.3 is 0 Å². The third-order valence-electron chi connectivity index (χ3n) is 7.02. The van der Waals surface area contributed by atoms with Gasteiger partial charge in [-0.2, -0.15) is 4.31 Å². The second kappa shape index (κ2) is 13.8. The van der Waals surface area contributed by atoms with Crippen molar-refractivity contribution in [3.8, 4) is 0 Å². The number of ether oxygens (including phenoxy) is 2. The van der Waals surface area contributed by atoms with E-state index in [2.05, 4.69) is 41.1 Å². The number of nitrogens with zero attached hydrogens (tertiary/aromatic N) is 4. The van der Waals surface area contributed by atoms with Crippen molar-refractivity contribution in [2.75, 3.05) is 84.7 Å². The summed E-state index contributed by atoms with van der Waals surface area (Å²) in [6.45, 7) is 10.1. The van der Waals surface area contributed by atoms with Crippen LogP contribution in [0.5, 0.6) is 0 Å². The Morgan fingerprint density at radius 2 is 1.68 bits per heavy atom. The Hall–Kier alpha value is -2.61. The molecule has 1 fully saturated rings. The minimum atomic E-state index is -3.73. The molecular weight excluding hydrogens is 550 g/mol. The van der Waals surface area contributed by atoms with Crippen LogP contribution in [0, 0.1) is 13.8 Å². The monoisotopic (exact) mass is 589 g/mol. The molecule has 0 aliphatic carbocycles. The molecular formula is C28H39N5O5S2. The number of methoxy groups -OCH3 is 2. The van der Waals surface area contributed by atoms with Gasteiger partial charge in [0, 0.05) is 72.1 Å². The van der Waals surface area contributed by atoms with Crippen molar-refractivity contribution >= 4 is 42.6 Å². The van der Waals surface area contributed by atoms with Crippen LogP contribution in [-0.4, -0.2) is 108 Å². The summed E-state index contributed by atoms with van der Waals surface area (Å²) in [5.74, 6) is -0.224. The predicted molar refractivity (Wildman–Crippen MR) is 159 cm³/mol. The van der Waals surface area contributed by atoms with E-state index < -0.39 is 10.0 Å². The van der Waals surface area contributed by atoms with E-state index in [1.54, 1.807) is 23.5 Å². The number of carbonyl (C=O) groups is 1. The topological polar surface area (TPSA) is 104 Å². The highest BCUT2D eigenvalue weighted by atomic mass is 32.2. The zero-order chi connectivity index (χ0) is 28.7. The van der Waals surface area contributed by atoms with Gasteiger partial charge in [0.1, 0.15) is 0 Å². The van der Waals surface area contributed by atoms with Crippen LogP contribution in [-0.2, 0) is 19.5 Å². The van der Waals surface area contributed by atoms with Crippen LogP contribution < -0.4 is 10.2 Å². The molecule has 0 bridgehead atoms. The van der Waals surface area contributed by atoms with Crippen molar-refractivity contribution < 1.29 is 22.7 Å². The number of amides is 1. The van der Waals surface area contributed by atoms with Crippen LogP contribution in [0.25, 0.3) is 10.2 Å². The molecule has 1 aromatic heterocycles. The summed E-state index contributed by atoms with van der Waals surface area (Å²) in [6.07, 6.45) is 0. The van der Waals surface area contributed by atoms with Gasteiger partial charge in [-0.25, -0.2) is 13.4 Å². The Bertz CT molecular complexity index is 1380. The van der Waals surface area contributed by atoms with E-state index in [1.807, 2.05) is 0 Å². The summed E-state index contributed by atoms with van der Waals surface area (Å²) < 4.78 is 38.8. The second-order valence-electron chi connectivity index (χ2n) is 9.92. The first-order valence-electron chi connectivity index (χ1n) is 13.4. The molecule has 1 amide bonds. The third-order valence-corrected chi connectivity index (χ3v) is 9.99. The quantitative estimate of drug-likeness (QED) is 0.325. The van der Waals surface area contributed by atoms with Gasteiger partial charge in [0.05, 0.1) is 28.3 Å². The molecule has 218 valence electrons. The van der Waals surface area contributed by atoms with Crippen LogP contribution >= 0.6 is 11.3 Å². The summed E-state index contributed by atoms with van der Waals surface area (Å²) >= 11 is 1.75. The zero-order valence-electron chi connectivity index (χ0n) is 23.7. The van der Waals surface area contributed by atoms with Crippen LogP contribution in [0.3, 0.4) is 0 Å². The number of piperazine rings is 1. The lowest BCUT2D eigenvalue weighted by molar-refractivity contribution is 0.0947. The molecule has 12 heteroatoms. The zero-order valence-corrected chi connectivity index (χ0v) is 25.3. The molecule has 2 aromatic carbocycles. The maximum absolute atomic E-state index is 13.1. The number of rotatable bonds is 13. The molecule has 0 saturated carbocycles. The average Bonchev–Trinajstić information content (AvgIpc) is 3.38. The molecule has 2 heterocycles. The minimum absolute atomic E-state index is 0.132. The highest BCUT2D eigenvalue weighted by molar-refractivity contribution is 7.89. The first-order chi connectivity index (χ1) is 19.2. The Balaban J connectivity index is 1.25. The fourth-order valence-electron chi connectivity index (χ4n) is 4.75. The lowest BCUT2D eigenvalue weighted by atomic mass is 10.1. The molecule has 1 aliphatic rings. The fourth-order valence-corrected chi connectivity index (χ4v) is 7.35. The van der Waals surface area contributed by atoms with Gasteiger partial charge in [0.15, 0.2) is 5.13 Å². The molecule has 3 aromatic rings. The SMILES string of the molecule is COCCN(CCOC)S(=O)(=O)c1ccc(C(=O)NCCN2CCN(c3nc4c(C)cc(C)cc4s3)CC2)cc1. The fraction of sp³-hybridized carbons (Fsp3) is 0.500. The molecule has 0 spiro atoms. The maximum Gasteiger partial charge on any atom is 0.251 e. The highest BCUT2D eigenvalue weighted by Crippen LogP contribution is 2.32. The number of benzene rings is 2. The van der Waals surface area contributed by atoms with E-state index in [-0.39, 0.29) is 37.1 Å². The van der Waals surface area contributed by atoms with E-state index in [0.717, 1.165) is 43.4 Å². The molecule has 1 N–H and O–H groups in total. The summed E-state index contributed by atoms with van der Waals surface area (Å²) in [5, 5.41) is 4.03. The largest absolute Gasteiger partial charge is 0.383 e. The van der Waals surface area contributed by atoms with Crippen molar-refractivity contribution in [2.45, 2.75) is 18.7 Å². The number of hydrogen-bond donors (Lipinski definition) is 1. The van der Waals surface area contributed by atoms with Crippen molar-refractivity contribution in [2.24, 2.45) is 0 Å². The first kappa shape index (κ1) is 30.4. The number of hydrogen-bond acceptors (Lipinski definition) is 9. The van der Waals surface area contributed by atoms with Crippen LogP contribution in [0.4, 0.5) is 5.13 Å². The Morgan fingerprint density at radius 1 is 1.02 bits per heavy atom. The average molecular weight is 590 g/mol. The molecule has 0 atom stereocenters. The Labute approximate surface area is 240 Å². The van der Waals surface area contributed by atoms with Crippen LogP contribution in [0.1, 0.15) is 21.5 Å². The van der Waals surface area contributed by atoms with E-state index in [1.165, 1.54) is 46.5 Å². The van der Waals surface area contributed by atoms with E-state index in [4.69, 9.17) is 14.5 Å². The summed E-state index contributed by atoms with van der Waals surface area (Å²) in [6, 6.07) is 10.4. The summed E-state index contributed by atoms with van der Waals surface area (Å²) in [4.78, 5) is 22.4. The molecule has 10 nitrogen and oxygen atoms in total. The van der Waals surface area contributed by atoms with Gasteiger partial charge in [0.2, 0.25) is 10.0 Å². The van der Waals surface area contributed by atoms with E-state index in [0.29, 0.717) is 12.1 Å². The number of aryl methyl sites for hydroxylation is 2. The van der Waals surface area contributed by atoms with Gasteiger partial charge in [-0.05, 0) is 55.3 Å². The van der Waals surface area contributed by atoms with Gasteiger partial charge in [-0.3, -0.25) is 9.69 Å². The van der Waals surface area contributed by atoms with Gasteiger partial charge in [-0.15, -0.1) is 0 Å². The first-order valence-corrected chi connectivity index (χ1v) is 15.7. The van der Waals surface area contributed by atoms with Gasteiger partial charge < -0.3 is 19.7 Å². The molecule has 4 rings (SSSR count). The van der Waals surface area contributed by atoms with Crippen LogP contribution in [0.15, 0.2) is 41.3 Å². The number of anilines is 1. The van der Waals surface area contributed by atoms with Crippen LogP contribution in [0.2, 0.25) is 0 Å². The number of carbonyl (C=O) groups excluding carboxylic acids is 1. The Kier molecular flexibility index (Phi) is 10.5. The van der Waals surface area contributed by atoms with Gasteiger partial charge in [0.25, 0.3) is 5.91 Å². The summed E-state index contributed by atoms with van der Waals surface area (Å²) in [7, 11) is -0.673. The standard InChI is InChI=1S/C28H39N5O5S2/c1-21-19-22(2)26-25(20-21)39-28(30-26)32-13-11-31(12-14-32)10-9-29-27(34)23-5-7-24(8-6-23)40(35,36)33(15-17-37-3)16-18-38-4/h5-8,19-20H,9-18H2,1-4H3,(H,29,34). The van der Waals surface area contributed by atoms with E-state index >= 15 is 0 Å². The van der Waals surface area contributed by atoms with Crippen molar-refractivity contribution in [1.82, 2.24) is 19.5 Å². The molecule has 0 unspecified atom stereocenters. The molecule has 0 radical (unpaired) electrons. The molecule has 40 heavy (non-hydrogen) atoms. The van der Waals surface area contributed by atoms with E-state index in [9.17, 15) is 13.2 Å². The smallest absolute Gasteiger partial charge is 0.251 e. The number of fused-ring (bicyclic) bond motifs is 1. The highest BCUT2D eigenvalue weighted by Gasteiger charge is 2.24. The molecule has 1 aliphatic heterocycles. The minimum Gasteiger partial charge on any atom is -0.383 e. The number of thiazole rings is 1. The lowest BCUT2D eigenvalue weighted by Gasteiger charge is -2.34.